The van der Waals surface area contributed by atoms with Gasteiger partial charge in [0.15, 0.2) is 12.4 Å². The van der Waals surface area contributed by atoms with Crippen LogP contribution < -0.4 is 14.6 Å². The molecule has 1 amide bonds. The summed E-state index contributed by atoms with van der Waals surface area (Å²) < 4.78 is 12.1. The molecule has 0 spiro atoms. The Morgan fingerprint density at radius 2 is 1.76 bits per heavy atom. The van der Waals surface area contributed by atoms with Crippen molar-refractivity contribution in [2.45, 2.75) is 33.2 Å². The molecule has 1 heterocycles. The lowest BCUT2D eigenvalue weighted by molar-refractivity contribution is -0.671. The van der Waals surface area contributed by atoms with Crippen molar-refractivity contribution in [2.75, 3.05) is 6.61 Å². The molecule has 1 aromatic heterocycles. The molecule has 0 radical (unpaired) electrons. The largest absolute Gasteiger partial charge is 0.464 e. The number of hydrogen-bond acceptors (Lipinski definition) is 5. The highest BCUT2D eigenvalue weighted by molar-refractivity contribution is 5.96. The van der Waals surface area contributed by atoms with Gasteiger partial charge in [0.25, 0.3) is 5.91 Å². The summed E-state index contributed by atoms with van der Waals surface area (Å²) in [5.74, 6) is -0.970. The van der Waals surface area contributed by atoms with Crippen molar-refractivity contribution in [2.24, 2.45) is 13.0 Å². The number of nitrogens with zero attached hydrogens (tertiary/aromatic N) is 1. The molecule has 0 aliphatic rings. The molecule has 1 atom stereocenters. The van der Waals surface area contributed by atoms with Gasteiger partial charge in [0.2, 0.25) is 0 Å². The minimum Gasteiger partial charge on any atom is -0.464 e. The van der Waals surface area contributed by atoms with Gasteiger partial charge in [-0.2, -0.15) is 0 Å². The quantitative estimate of drug-likeness (QED) is 0.417. The molecule has 0 bridgehead atoms. The van der Waals surface area contributed by atoms with Gasteiger partial charge in [-0.1, -0.05) is 26.0 Å². The van der Waals surface area contributed by atoms with E-state index < -0.39 is 12.0 Å². The molecule has 1 N–H and O–H groups in total. The molecule has 0 aliphatic carbocycles. The minimum atomic E-state index is -0.836. The van der Waals surface area contributed by atoms with Gasteiger partial charge >= 0.3 is 11.9 Å². The van der Waals surface area contributed by atoms with E-state index >= 15 is 0 Å². The number of aryl methyl sites for hydroxylation is 1. The monoisotopic (exact) mass is 399 g/mol. The van der Waals surface area contributed by atoms with E-state index in [0.717, 1.165) is 5.56 Å². The van der Waals surface area contributed by atoms with Gasteiger partial charge in [-0.15, -0.1) is 0 Å². The first-order valence-corrected chi connectivity index (χ1v) is 9.53. The molecule has 29 heavy (non-hydrogen) atoms. The zero-order valence-electron chi connectivity index (χ0n) is 17.2. The highest BCUT2D eigenvalue weighted by Crippen LogP contribution is 2.15. The van der Waals surface area contributed by atoms with E-state index in [1.165, 1.54) is 0 Å². The Hall–Kier alpha value is -3.22. The molecular formula is C22H27N2O5+. The van der Waals surface area contributed by atoms with Crippen LogP contribution in [0.3, 0.4) is 0 Å². The van der Waals surface area contributed by atoms with E-state index in [-0.39, 0.29) is 30.8 Å². The second-order valence-electron chi connectivity index (χ2n) is 6.96. The molecule has 0 aliphatic heterocycles. The zero-order valence-corrected chi connectivity index (χ0v) is 17.2. The van der Waals surface area contributed by atoms with Crippen LogP contribution >= 0.6 is 0 Å². The highest BCUT2D eigenvalue weighted by Gasteiger charge is 2.24. The molecule has 1 unspecified atom stereocenters. The summed E-state index contributed by atoms with van der Waals surface area (Å²) in [6.45, 7) is 5.45. The predicted molar refractivity (Wildman–Crippen MR) is 106 cm³/mol. The van der Waals surface area contributed by atoms with Crippen molar-refractivity contribution in [1.29, 1.82) is 0 Å². The van der Waals surface area contributed by atoms with Crippen LogP contribution in [0.2, 0.25) is 0 Å². The fourth-order valence-electron chi connectivity index (χ4n) is 2.56. The molecule has 2 rings (SSSR count). The Bertz CT molecular complexity index is 862. The van der Waals surface area contributed by atoms with Crippen molar-refractivity contribution in [3.63, 3.8) is 0 Å². The molecule has 1 aromatic carbocycles. The van der Waals surface area contributed by atoms with Crippen molar-refractivity contribution >= 4 is 17.8 Å². The first-order valence-electron chi connectivity index (χ1n) is 9.53. The SMILES string of the molecule is CCOC(=O)C(Cc1ccc(OC(=O)C(C)C)cc1)NC(=O)c1ccc[n+](C)c1. The summed E-state index contributed by atoms with van der Waals surface area (Å²) in [4.78, 5) is 36.6. The molecule has 0 fully saturated rings. The molecule has 7 heteroatoms. The van der Waals surface area contributed by atoms with Crippen LogP contribution in [0.25, 0.3) is 0 Å². The maximum Gasteiger partial charge on any atom is 0.328 e. The number of hydrogen-bond donors (Lipinski definition) is 1. The first-order chi connectivity index (χ1) is 13.8. The Morgan fingerprint density at radius 3 is 2.34 bits per heavy atom. The van der Waals surface area contributed by atoms with Crippen LogP contribution in [0.4, 0.5) is 0 Å². The minimum absolute atomic E-state index is 0.218. The summed E-state index contributed by atoms with van der Waals surface area (Å²) in [5.41, 5.74) is 1.24. The Labute approximate surface area is 170 Å². The van der Waals surface area contributed by atoms with E-state index in [4.69, 9.17) is 9.47 Å². The summed E-state index contributed by atoms with van der Waals surface area (Å²) in [6, 6.07) is 9.43. The predicted octanol–water partition coefficient (Wildman–Crippen LogP) is 1.98. The van der Waals surface area contributed by atoms with Crippen LogP contribution in [0.15, 0.2) is 48.8 Å². The number of esters is 2. The maximum atomic E-state index is 12.6. The fourth-order valence-corrected chi connectivity index (χ4v) is 2.56. The number of aromatic nitrogens is 1. The first kappa shape index (κ1) is 22.1. The van der Waals surface area contributed by atoms with Gasteiger partial charge in [0, 0.05) is 12.5 Å². The lowest BCUT2D eigenvalue weighted by atomic mass is 10.1. The van der Waals surface area contributed by atoms with Gasteiger partial charge in [-0.05, 0) is 30.7 Å². The van der Waals surface area contributed by atoms with Crippen LogP contribution in [-0.2, 0) is 27.8 Å². The number of benzene rings is 1. The maximum absolute atomic E-state index is 12.6. The number of nitrogens with one attached hydrogen (secondary N) is 1. The molecule has 7 nitrogen and oxygen atoms in total. The third-order valence-electron chi connectivity index (χ3n) is 4.13. The number of ether oxygens (including phenoxy) is 2. The van der Waals surface area contributed by atoms with E-state index in [1.807, 2.05) is 13.2 Å². The van der Waals surface area contributed by atoms with Crippen molar-refractivity contribution in [3.8, 4) is 5.75 Å². The van der Waals surface area contributed by atoms with Crippen LogP contribution in [0, 0.1) is 5.92 Å². The smallest absolute Gasteiger partial charge is 0.328 e. The van der Waals surface area contributed by atoms with E-state index in [2.05, 4.69) is 5.32 Å². The second kappa shape index (κ2) is 10.4. The fraction of sp³-hybridized carbons (Fsp3) is 0.364. The van der Waals surface area contributed by atoms with Gasteiger partial charge in [0.1, 0.15) is 24.4 Å². The Morgan fingerprint density at radius 1 is 1.07 bits per heavy atom. The summed E-state index contributed by atoms with van der Waals surface area (Å²) >= 11 is 0. The van der Waals surface area contributed by atoms with Gasteiger partial charge in [0.05, 0.1) is 12.5 Å². The molecule has 0 saturated carbocycles. The summed E-state index contributed by atoms with van der Waals surface area (Å²) in [7, 11) is 1.81. The summed E-state index contributed by atoms with van der Waals surface area (Å²) in [6.07, 6.45) is 3.74. The third-order valence-corrected chi connectivity index (χ3v) is 4.13. The zero-order chi connectivity index (χ0) is 21.4. The van der Waals surface area contributed by atoms with E-state index in [0.29, 0.717) is 11.3 Å². The Kier molecular flexibility index (Phi) is 7.88. The normalized spacial score (nSPS) is 11.6. The third kappa shape index (κ3) is 6.71. The molecule has 0 saturated heterocycles. The molecule has 154 valence electrons. The summed E-state index contributed by atoms with van der Waals surface area (Å²) in [5, 5.41) is 2.74. The van der Waals surface area contributed by atoms with Crippen molar-refractivity contribution < 1.29 is 28.4 Å². The molecular weight excluding hydrogens is 372 g/mol. The highest BCUT2D eigenvalue weighted by atomic mass is 16.5. The van der Waals surface area contributed by atoms with Crippen LogP contribution in [0.1, 0.15) is 36.7 Å². The topological polar surface area (TPSA) is 85.6 Å². The average molecular weight is 399 g/mol. The van der Waals surface area contributed by atoms with Gasteiger partial charge < -0.3 is 14.8 Å². The van der Waals surface area contributed by atoms with E-state index in [1.54, 1.807) is 67.9 Å². The average Bonchev–Trinajstić information content (AvgIpc) is 2.68. The van der Waals surface area contributed by atoms with Crippen molar-refractivity contribution in [3.05, 3.63) is 59.9 Å². The number of amides is 1. The van der Waals surface area contributed by atoms with Crippen LogP contribution in [0.5, 0.6) is 5.75 Å². The van der Waals surface area contributed by atoms with Crippen LogP contribution in [-0.4, -0.2) is 30.5 Å². The lowest BCUT2D eigenvalue weighted by Gasteiger charge is -2.17. The standard InChI is InChI=1S/C22H26N2O5/c1-5-28-22(27)19(23-20(25)17-7-6-12-24(4)14-17)13-16-8-10-18(11-9-16)29-21(26)15(2)3/h6-12,14-15,19H,5,13H2,1-4H3/p+1. The van der Waals surface area contributed by atoms with E-state index in [9.17, 15) is 14.4 Å². The number of rotatable bonds is 8. The van der Waals surface area contributed by atoms with Gasteiger partial charge in [-0.3, -0.25) is 9.59 Å². The second-order valence-corrected chi connectivity index (χ2v) is 6.96. The number of carbonyl (C=O) groups excluding carboxylic acids is 3. The van der Waals surface area contributed by atoms with Gasteiger partial charge in [-0.25, -0.2) is 9.36 Å². The molecule has 2 aromatic rings. The number of pyridine rings is 1. The Balaban J connectivity index is 2.11. The van der Waals surface area contributed by atoms with Crippen molar-refractivity contribution in [1.82, 2.24) is 5.32 Å². The number of carbonyl (C=O) groups is 3. The lowest BCUT2D eigenvalue weighted by Crippen LogP contribution is -2.44.